The van der Waals surface area contributed by atoms with Gasteiger partial charge in [-0.1, -0.05) is 173 Å². The van der Waals surface area contributed by atoms with Crippen molar-refractivity contribution in [1.29, 1.82) is 0 Å². The fourth-order valence-electron chi connectivity index (χ4n) is 5.51. The smallest absolute Gasteiger partial charge is 0.220 e. The average Bonchev–Trinajstić information content (AvgIpc) is 2.99. The number of nitrogens with one attached hydrogen (secondary N) is 1. The number of aliphatic hydroxyl groups is 2. The zero-order valence-corrected chi connectivity index (χ0v) is 28.3. The predicted octanol–water partition coefficient (Wildman–Crippen LogP) is 10.9. The summed E-state index contributed by atoms with van der Waals surface area (Å²) < 4.78 is 0. The number of unbranched alkanes of at least 4 members (excludes halogenated alkanes) is 24. The Hall–Kier alpha value is -1.13. The highest BCUT2D eigenvalue weighted by Crippen LogP contribution is 2.15. The van der Waals surface area contributed by atoms with Crippen LogP contribution in [0.3, 0.4) is 0 Å². The van der Waals surface area contributed by atoms with Crippen LogP contribution < -0.4 is 5.32 Å². The van der Waals surface area contributed by atoms with E-state index in [4.69, 9.17) is 0 Å². The van der Waals surface area contributed by atoms with Crippen molar-refractivity contribution in [2.24, 2.45) is 0 Å². The molecule has 0 aromatic heterocycles. The first-order chi connectivity index (χ1) is 20.7. The van der Waals surface area contributed by atoms with Gasteiger partial charge in [0.25, 0.3) is 0 Å². The highest BCUT2D eigenvalue weighted by atomic mass is 16.3. The van der Waals surface area contributed by atoms with Gasteiger partial charge in [-0.25, -0.2) is 0 Å². The van der Waals surface area contributed by atoms with Crippen molar-refractivity contribution in [2.75, 3.05) is 6.61 Å². The summed E-state index contributed by atoms with van der Waals surface area (Å²) >= 11 is 0. The Morgan fingerprint density at radius 3 is 1.38 bits per heavy atom. The van der Waals surface area contributed by atoms with Gasteiger partial charge < -0.3 is 15.5 Å². The molecule has 2 atom stereocenters. The Balaban J connectivity index is 3.59. The molecule has 0 spiro atoms. The average molecular weight is 592 g/mol. The van der Waals surface area contributed by atoms with Crippen LogP contribution >= 0.6 is 0 Å². The second-order valence-electron chi connectivity index (χ2n) is 12.6. The summed E-state index contributed by atoms with van der Waals surface area (Å²) in [5, 5.41) is 22.9. The summed E-state index contributed by atoms with van der Waals surface area (Å²) in [6.07, 6.45) is 42.7. The van der Waals surface area contributed by atoms with Gasteiger partial charge >= 0.3 is 0 Å². The molecular formula is C38H73NO3. The fourth-order valence-corrected chi connectivity index (χ4v) is 5.51. The van der Waals surface area contributed by atoms with Crippen LogP contribution in [0.5, 0.6) is 0 Å². The van der Waals surface area contributed by atoms with E-state index in [-0.39, 0.29) is 12.5 Å². The molecule has 42 heavy (non-hydrogen) atoms. The lowest BCUT2D eigenvalue weighted by atomic mass is 10.0. The molecule has 0 aliphatic heterocycles. The first kappa shape index (κ1) is 40.9. The third-order valence-corrected chi connectivity index (χ3v) is 8.43. The van der Waals surface area contributed by atoms with E-state index in [0.717, 1.165) is 38.5 Å². The minimum Gasteiger partial charge on any atom is -0.394 e. The molecule has 0 fully saturated rings. The summed E-state index contributed by atoms with van der Waals surface area (Å²) in [4.78, 5) is 12.3. The van der Waals surface area contributed by atoms with Crippen LogP contribution in [0.2, 0.25) is 0 Å². The molecule has 0 aromatic rings. The third kappa shape index (κ3) is 30.3. The summed E-state index contributed by atoms with van der Waals surface area (Å²) in [5.74, 6) is -0.0754. The van der Waals surface area contributed by atoms with E-state index >= 15 is 0 Å². The van der Waals surface area contributed by atoms with E-state index in [1.165, 1.54) is 135 Å². The van der Waals surface area contributed by atoms with Gasteiger partial charge in [-0.2, -0.15) is 0 Å². The Morgan fingerprint density at radius 1 is 0.548 bits per heavy atom. The highest BCUT2D eigenvalue weighted by Gasteiger charge is 2.17. The zero-order chi connectivity index (χ0) is 30.8. The van der Waals surface area contributed by atoms with Gasteiger partial charge in [-0.3, -0.25) is 4.79 Å². The van der Waals surface area contributed by atoms with Gasteiger partial charge in [0.15, 0.2) is 0 Å². The topological polar surface area (TPSA) is 69.6 Å². The van der Waals surface area contributed by atoms with Crippen molar-refractivity contribution >= 4 is 5.91 Å². The predicted molar refractivity (Wildman–Crippen MR) is 184 cm³/mol. The molecule has 0 aliphatic rings. The number of hydrogen-bond donors (Lipinski definition) is 3. The number of allylic oxidation sites excluding steroid dienone is 3. The molecule has 0 rings (SSSR count). The van der Waals surface area contributed by atoms with Crippen molar-refractivity contribution in [2.45, 2.75) is 206 Å². The van der Waals surface area contributed by atoms with E-state index < -0.39 is 12.1 Å². The van der Waals surface area contributed by atoms with Crippen LogP contribution in [0.15, 0.2) is 24.3 Å². The summed E-state index contributed by atoms with van der Waals surface area (Å²) in [5.41, 5.74) is 0. The molecule has 1 amide bonds. The van der Waals surface area contributed by atoms with Crippen LogP contribution in [-0.4, -0.2) is 34.9 Å². The number of aliphatic hydroxyl groups excluding tert-OH is 2. The molecule has 4 nitrogen and oxygen atoms in total. The van der Waals surface area contributed by atoms with Crippen LogP contribution in [0.4, 0.5) is 0 Å². The van der Waals surface area contributed by atoms with E-state index in [9.17, 15) is 15.0 Å². The molecule has 0 saturated carbocycles. The summed E-state index contributed by atoms with van der Waals surface area (Å²) in [7, 11) is 0. The minimum atomic E-state index is -0.838. The molecule has 0 bridgehead atoms. The monoisotopic (exact) mass is 592 g/mol. The maximum Gasteiger partial charge on any atom is 0.220 e. The third-order valence-electron chi connectivity index (χ3n) is 8.43. The highest BCUT2D eigenvalue weighted by molar-refractivity contribution is 5.76. The standard InChI is InChI=1S/C38H73NO3/c1-3-5-7-9-11-13-15-16-17-18-19-20-21-22-24-25-27-29-31-33-37(41)36(35-40)39-38(42)34-32-30-28-26-23-14-12-10-8-6-4-2/h10,12,31,33,36-37,40-41H,3-9,11,13-30,32,34-35H2,1-2H3,(H,39,42)/b12-10-,33-31+. The van der Waals surface area contributed by atoms with Crippen LogP contribution in [0, 0.1) is 0 Å². The Kier molecular flexibility index (Phi) is 33.4. The normalized spacial score (nSPS) is 13.3. The van der Waals surface area contributed by atoms with E-state index in [2.05, 4.69) is 31.3 Å². The van der Waals surface area contributed by atoms with Crippen molar-refractivity contribution in [3.05, 3.63) is 24.3 Å². The van der Waals surface area contributed by atoms with E-state index in [1.807, 2.05) is 6.08 Å². The summed E-state index contributed by atoms with van der Waals surface area (Å²) in [6, 6.07) is -0.621. The Bertz CT molecular complexity index is 603. The molecule has 3 N–H and O–H groups in total. The van der Waals surface area contributed by atoms with Crippen LogP contribution in [0.25, 0.3) is 0 Å². The van der Waals surface area contributed by atoms with Gasteiger partial charge in [0.1, 0.15) is 0 Å². The van der Waals surface area contributed by atoms with Gasteiger partial charge in [0.2, 0.25) is 5.91 Å². The van der Waals surface area contributed by atoms with Crippen LogP contribution in [-0.2, 0) is 4.79 Å². The molecule has 0 aliphatic carbocycles. The molecule has 0 heterocycles. The Morgan fingerprint density at radius 2 is 0.929 bits per heavy atom. The lowest BCUT2D eigenvalue weighted by Gasteiger charge is -2.20. The largest absolute Gasteiger partial charge is 0.394 e. The molecular weight excluding hydrogens is 518 g/mol. The summed E-state index contributed by atoms with van der Waals surface area (Å²) in [6.45, 7) is 4.26. The minimum absolute atomic E-state index is 0.0754. The van der Waals surface area contributed by atoms with Crippen molar-refractivity contribution in [3.8, 4) is 0 Å². The number of carbonyl (C=O) groups excluding carboxylic acids is 1. The SMILES string of the molecule is CCCC/C=C\CCCCCCCC(=O)NC(CO)C(O)/C=C/CCCCCCCCCCCCCCCCCCC. The first-order valence-electron chi connectivity index (χ1n) is 18.6. The fraction of sp³-hybridized carbons (Fsp3) is 0.868. The van der Waals surface area contributed by atoms with Crippen molar-refractivity contribution < 1.29 is 15.0 Å². The molecule has 0 radical (unpaired) electrons. The zero-order valence-electron chi connectivity index (χ0n) is 28.3. The number of rotatable bonds is 33. The van der Waals surface area contributed by atoms with Gasteiger partial charge in [0, 0.05) is 6.42 Å². The molecule has 248 valence electrons. The van der Waals surface area contributed by atoms with Crippen molar-refractivity contribution in [1.82, 2.24) is 5.32 Å². The van der Waals surface area contributed by atoms with Gasteiger partial charge in [-0.15, -0.1) is 0 Å². The first-order valence-corrected chi connectivity index (χ1v) is 18.6. The lowest BCUT2D eigenvalue weighted by Crippen LogP contribution is -2.45. The number of carbonyl (C=O) groups is 1. The van der Waals surface area contributed by atoms with E-state index in [1.54, 1.807) is 6.08 Å². The molecule has 0 saturated heterocycles. The Labute approximate surface area is 262 Å². The number of amides is 1. The quantitative estimate of drug-likeness (QED) is 0.0525. The molecule has 2 unspecified atom stereocenters. The number of hydrogen-bond acceptors (Lipinski definition) is 3. The van der Waals surface area contributed by atoms with Crippen LogP contribution in [0.1, 0.15) is 194 Å². The van der Waals surface area contributed by atoms with Gasteiger partial charge in [0.05, 0.1) is 18.8 Å². The maximum absolute atomic E-state index is 12.3. The molecule has 0 aromatic carbocycles. The second-order valence-corrected chi connectivity index (χ2v) is 12.6. The van der Waals surface area contributed by atoms with Gasteiger partial charge in [-0.05, 0) is 38.5 Å². The lowest BCUT2D eigenvalue weighted by molar-refractivity contribution is -0.123. The van der Waals surface area contributed by atoms with Crippen molar-refractivity contribution in [3.63, 3.8) is 0 Å². The molecule has 4 heteroatoms. The second kappa shape index (κ2) is 34.4. The van der Waals surface area contributed by atoms with E-state index in [0.29, 0.717) is 6.42 Å². The maximum atomic E-state index is 12.3.